The molecule has 2 aliphatic carbocycles. The highest BCUT2D eigenvalue weighted by molar-refractivity contribution is 7.11. The van der Waals surface area contributed by atoms with Crippen molar-refractivity contribution in [2.75, 3.05) is 0 Å². The van der Waals surface area contributed by atoms with Crippen LogP contribution in [-0.4, -0.2) is 11.0 Å². The summed E-state index contributed by atoms with van der Waals surface area (Å²) >= 11 is 1.94. The Morgan fingerprint density at radius 1 is 1.38 bits per heavy atom. The van der Waals surface area contributed by atoms with Gasteiger partial charge in [0.05, 0.1) is 5.69 Å². The molecule has 1 saturated carbocycles. The van der Waals surface area contributed by atoms with E-state index < -0.39 is 0 Å². The van der Waals surface area contributed by atoms with Crippen LogP contribution < -0.4 is 5.32 Å². The first-order chi connectivity index (χ1) is 7.72. The minimum Gasteiger partial charge on any atom is -0.308 e. The van der Waals surface area contributed by atoms with Gasteiger partial charge in [-0.05, 0) is 37.5 Å². The Bertz CT molecular complexity index is 381. The first-order valence-electron chi connectivity index (χ1n) is 6.44. The fraction of sp³-hybridized carbons (Fsp3) is 0.769. The van der Waals surface area contributed by atoms with Crippen LogP contribution in [0.3, 0.4) is 0 Å². The molecule has 0 bridgehead atoms. The van der Waals surface area contributed by atoms with E-state index in [1.807, 2.05) is 11.3 Å². The van der Waals surface area contributed by atoms with E-state index in [0.29, 0.717) is 0 Å². The minimum absolute atomic E-state index is 0.728. The van der Waals surface area contributed by atoms with Crippen LogP contribution in [0.2, 0.25) is 0 Å². The van der Waals surface area contributed by atoms with Crippen molar-refractivity contribution in [3.8, 4) is 0 Å². The highest BCUT2D eigenvalue weighted by Crippen LogP contribution is 2.38. The summed E-state index contributed by atoms with van der Waals surface area (Å²) in [6.07, 6.45) is 5.25. The van der Waals surface area contributed by atoms with Crippen LogP contribution in [0.15, 0.2) is 0 Å². The summed E-state index contributed by atoms with van der Waals surface area (Å²) < 4.78 is 0. The molecule has 1 heterocycles. The van der Waals surface area contributed by atoms with Crippen LogP contribution in [0.5, 0.6) is 0 Å². The molecule has 0 amide bonds. The van der Waals surface area contributed by atoms with Crippen molar-refractivity contribution >= 4 is 11.3 Å². The van der Waals surface area contributed by atoms with Crippen LogP contribution >= 0.6 is 11.3 Å². The second-order valence-corrected chi connectivity index (χ2v) is 6.63. The number of hydrogen-bond donors (Lipinski definition) is 1. The third kappa shape index (κ3) is 2.16. The van der Waals surface area contributed by atoms with Crippen molar-refractivity contribution in [2.24, 2.45) is 5.92 Å². The fourth-order valence-corrected chi connectivity index (χ4v) is 3.77. The molecule has 0 spiro atoms. The lowest BCUT2D eigenvalue weighted by Crippen LogP contribution is -2.15. The van der Waals surface area contributed by atoms with Crippen molar-refractivity contribution in [1.82, 2.24) is 10.3 Å². The van der Waals surface area contributed by atoms with Crippen LogP contribution in [0.25, 0.3) is 0 Å². The maximum absolute atomic E-state index is 4.81. The molecule has 88 valence electrons. The van der Waals surface area contributed by atoms with E-state index in [4.69, 9.17) is 4.98 Å². The van der Waals surface area contributed by atoms with Gasteiger partial charge in [-0.2, -0.15) is 0 Å². The molecule has 1 fully saturated rings. The highest BCUT2D eigenvalue weighted by atomic mass is 32.1. The van der Waals surface area contributed by atoms with E-state index in [1.165, 1.54) is 36.4 Å². The summed E-state index contributed by atoms with van der Waals surface area (Å²) in [5.41, 5.74) is 1.39. The molecule has 0 radical (unpaired) electrons. The summed E-state index contributed by atoms with van der Waals surface area (Å²) in [6.45, 7) is 5.69. The van der Waals surface area contributed by atoms with E-state index in [-0.39, 0.29) is 0 Å². The summed E-state index contributed by atoms with van der Waals surface area (Å²) in [6, 6.07) is 0.789. The average Bonchev–Trinajstić information content (AvgIpc) is 2.96. The molecule has 2 aliphatic rings. The Morgan fingerprint density at radius 2 is 2.19 bits per heavy atom. The van der Waals surface area contributed by atoms with E-state index >= 15 is 0 Å². The maximum Gasteiger partial charge on any atom is 0.107 e. The summed E-state index contributed by atoms with van der Waals surface area (Å²) in [5, 5.41) is 4.86. The zero-order valence-electron chi connectivity index (χ0n) is 10.1. The third-order valence-corrected chi connectivity index (χ3v) is 4.97. The molecule has 0 aromatic carbocycles. The maximum atomic E-state index is 4.81. The third-order valence-electron chi connectivity index (χ3n) is 3.64. The van der Waals surface area contributed by atoms with Crippen molar-refractivity contribution in [3.05, 3.63) is 15.6 Å². The van der Waals surface area contributed by atoms with Crippen molar-refractivity contribution in [2.45, 2.75) is 58.0 Å². The van der Waals surface area contributed by atoms with Crippen molar-refractivity contribution < 1.29 is 0 Å². The first-order valence-corrected chi connectivity index (χ1v) is 7.26. The van der Waals surface area contributed by atoms with Gasteiger partial charge in [0.1, 0.15) is 5.01 Å². The first kappa shape index (κ1) is 10.7. The van der Waals surface area contributed by atoms with Crippen LogP contribution in [-0.2, 0) is 13.0 Å². The number of aromatic nitrogens is 1. The molecule has 1 aromatic heterocycles. The van der Waals surface area contributed by atoms with E-state index in [1.54, 1.807) is 4.88 Å². The zero-order valence-corrected chi connectivity index (χ0v) is 10.9. The summed E-state index contributed by atoms with van der Waals surface area (Å²) in [7, 11) is 0. The molecule has 1 N–H and O–H groups in total. The summed E-state index contributed by atoms with van der Waals surface area (Å²) in [5.74, 6) is 1.54. The van der Waals surface area contributed by atoms with Gasteiger partial charge in [-0.15, -0.1) is 11.3 Å². The van der Waals surface area contributed by atoms with Crippen LogP contribution in [0.4, 0.5) is 0 Å². The number of hydrogen-bond acceptors (Lipinski definition) is 3. The number of rotatable bonds is 3. The Kier molecular flexibility index (Phi) is 2.76. The Hall–Kier alpha value is -0.410. The number of nitrogens with one attached hydrogen (secondary N) is 1. The lowest BCUT2D eigenvalue weighted by atomic mass is 9.86. The monoisotopic (exact) mass is 236 g/mol. The molecule has 0 aliphatic heterocycles. The SMILES string of the molecule is CC1Cc2nc(CNC3CC3)sc2C(C)C1. The van der Waals surface area contributed by atoms with Crippen molar-refractivity contribution in [3.63, 3.8) is 0 Å². The molecule has 2 unspecified atom stereocenters. The standard InChI is InChI=1S/C13H20N2S/c1-8-5-9(2)13-11(6-8)15-12(16-13)7-14-10-3-4-10/h8-10,14H,3-7H2,1-2H3. The minimum atomic E-state index is 0.728. The van der Waals surface area contributed by atoms with Crippen LogP contribution in [0.1, 0.15) is 54.6 Å². The van der Waals surface area contributed by atoms with E-state index in [0.717, 1.165) is 24.4 Å². The van der Waals surface area contributed by atoms with Gasteiger partial charge in [-0.1, -0.05) is 13.8 Å². The smallest absolute Gasteiger partial charge is 0.107 e. The Labute approximate surface area is 101 Å². The molecule has 0 saturated heterocycles. The van der Waals surface area contributed by atoms with Gasteiger partial charge in [-0.3, -0.25) is 0 Å². The number of thiazole rings is 1. The van der Waals surface area contributed by atoms with E-state index in [2.05, 4.69) is 19.2 Å². The molecule has 2 atom stereocenters. The summed E-state index contributed by atoms with van der Waals surface area (Å²) in [4.78, 5) is 6.37. The van der Waals surface area contributed by atoms with Crippen LogP contribution in [0, 0.1) is 5.92 Å². The van der Waals surface area contributed by atoms with Gasteiger partial charge >= 0.3 is 0 Å². The molecule has 3 heteroatoms. The predicted octanol–water partition coefficient (Wildman–Crippen LogP) is 3.08. The van der Waals surface area contributed by atoms with Gasteiger partial charge in [0.25, 0.3) is 0 Å². The normalized spacial score (nSPS) is 29.1. The molecular weight excluding hydrogens is 216 g/mol. The second kappa shape index (κ2) is 4.11. The molecule has 2 nitrogen and oxygen atoms in total. The Morgan fingerprint density at radius 3 is 2.94 bits per heavy atom. The largest absolute Gasteiger partial charge is 0.308 e. The molecule has 1 aromatic rings. The van der Waals surface area contributed by atoms with E-state index in [9.17, 15) is 0 Å². The number of fused-ring (bicyclic) bond motifs is 1. The fourth-order valence-electron chi connectivity index (χ4n) is 2.66. The Balaban J connectivity index is 1.73. The van der Waals surface area contributed by atoms with Crippen molar-refractivity contribution in [1.29, 1.82) is 0 Å². The molecule has 16 heavy (non-hydrogen) atoms. The predicted molar refractivity (Wildman–Crippen MR) is 67.9 cm³/mol. The highest BCUT2D eigenvalue weighted by Gasteiger charge is 2.26. The topological polar surface area (TPSA) is 24.9 Å². The van der Waals surface area contributed by atoms with Gasteiger partial charge in [0, 0.05) is 17.5 Å². The average molecular weight is 236 g/mol. The lowest BCUT2D eigenvalue weighted by Gasteiger charge is -2.22. The lowest BCUT2D eigenvalue weighted by molar-refractivity contribution is 0.449. The van der Waals surface area contributed by atoms with Gasteiger partial charge in [0.15, 0.2) is 0 Å². The zero-order chi connectivity index (χ0) is 11.1. The van der Waals surface area contributed by atoms with Gasteiger partial charge in [0.2, 0.25) is 0 Å². The molecular formula is C13H20N2S. The van der Waals surface area contributed by atoms with Gasteiger partial charge < -0.3 is 5.32 Å². The number of nitrogens with zero attached hydrogens (tertiary/aromatic N) is 1. The molecule has 3 rings (SSSR count). The van der Waals surface area contributed by atoms with Gasteiger partial charge in [-0.25, -0.2) is 4.98 Å². The second-order valence-electron chi connectivity index (χ2n) is 5.52. The quantitative estimate of drug-likeness (QED) is 0.872.